The molecule has 7 heteroatoms. The molecular weight excluding hydrogens is 380 g/mol. The molecule has 0 unspecified atom stereocenters. The van der Waals surface area contributed by atoms with Crippen LogP contribution in [0.1, 0.15) is 11.3 Å². The zero-order valence-electron chi connectivity index (χ0n) is 16.3. The number of H-pyrrole nitrogens is 1. The first-order valence-corrected chi connectivity index (χ1v) is 9.43. The number of aryl methyl sites for hydroxylation is 1. The molecule has 4 aromatic rings. The summed E-state index contributed by atoms with van der Waals surface area (Å²) < 4.78 is 7.07. The van der Waals surface area contributed by atoms with Crippen molar-refractivity contribution in [3.05, 3.63) is 94.4 Å². The van der Waals surface area contributed by atoms with Gasteiger partial charge in [-0.1, -0.05) is 54.6 Å². The average Bonchev–Trinajstić information content (AvgIpc) is 3.06. The van der Waals surface area contributed by atoms with Crippen LogP contribution in [0.25, 0.3) is 16.5 Å². The fourth-order valence-corrected chi connectivity index (χ4v) is 3.14. The van der Waals surface area contributed by atoms with Crippen LogP contribution in [-0.4, -0.2) is 28.5 Å². The monoisotopic (exact) mass is 400 g/mol. The Balaban J connectivity index is 1.41. The summed E-state index contributed by atoms with van der Waals surface area (Å²) in [6.07, 6.45) is 1.34. The molecule has 0 atom stereocenters. The SMILES string of the molecule is Cc1[nH]n(-c2ccccc2)c(=O)c1/C=N/NC(=O)COc1cccc2ccccc12. The summed E-state index contributed by atoms with van der Waals surface area (Å²) in [4.78, 5) is 24.7. The summed E-state index contributed by atoms with van der Waals surface area (Å²) >= 11 is 0. The largest absolute Gasteiger partial charge is 0.483 e. The highest BCUT2D eigenvalue weighted by Crippen LogP contribution is 2.24. The number of benzene rings is 3. The van der Waals surface area contributed by atoms with E-state index in [0.29, 0.717) is 17.0 Å². The standard InChI is InChI=1S/C23H20N4O3/c1-16-20(23(29)27(26-16)18-10-3-2-4-11-18)14-24-25-22(28)15-30-21-13-7-9-17-8-5-6-12-19(17)21/h2-14,26H,15H2,1H3,(H,25,28)/b24-14+. The van der Waals surface area contributed by atoms with Crippen molar-refractivity contribution in [3.63, 3.8) is 0 Å². The first-order valence-electron chi connectivity index (χ1n) is 9.43. The number of nitrogens with one attached hydrogen (secondary N) is 2. The van der Waals surface area contributed by atoms with Gasteiger partial charge < -0.3 is 4.74 Å². The molecule has 0 fully saturated rings. The number of amides is 1. The maximum absolute atomic E-state index is 12.6. The van der Waals surface area contributed by atoms with Crippen molar-refractivity contribution in [2.45, 2.75) is 6.92 Å². The van der Waals surface area contributed by atoms with Crippen molar-refractivity contribution in [1.82, 2.24) is 15.2 Å². The summed E-state index contributed by atoms with van der Waals surface area (Å²) in [5, 5.41) is 8.88. The number of fused-ring (bicyclic) bond motifs is 1. The zero-order chi connectivity index (χ0) is 20.9. The second kappa shape index (κ2) is 8.48. The van der Waals surface area contributed by atoms with Gasteiger partial charge in [0.25, 0.3) is 11.5 Å². The van der Waals surface area contributed by atoms with Crippen LogP contribution in [0.15, 0.2) is 82.7 Å². The van der Waals surface area contributed by atoms with E-state index in [-0.39, 0.29) is 12.2 Å². The highest BCUT2D eigenvalue weighted by Gasteiger charge is 2.11. The molecule has 0 saturated carbocycles. The fourth-order valence-electron chi connectivity index (χ4n) is 3.14. The van der Waals surface area contributed by atoms with Crippen molar-refractivity contribution in [2.24, 2.45) is 5.10 Å². The fraction of sp³-hybridized carbons (Fsp3) is 0.0870. The Morgan fingerprint density at radius 3 is 2.63 bits per heavy atom. The summed E-state index contributed by atoms with van der Waals surface area (Å²) in [5.74, 6) is 0.204. The van der Waals surface area contributed by atoms with Crippen molar-refractivity contribution >= 4 is 22.9 Å². The van der Waals surface area contributed by atoms with Crippen LogP contribution < -0.4 is 15.7 Å². The number of rotatable bonds is 6. The number of aromatic amines is 1. The van der Waals surface area contributed by atoms with E-state index in [0.717, 1.165) is 16.5 Å². The van der Waals surface area contributed by atoms with E-state index in [9.17, 15) is 9.59 Å². The Labute approximate surface area is 172 Å². The molecule has 0 aliphatic rings. The van der Waals surface area contributed by atoms with E-state index in [1.807, 2.05) is 72.8 Å². The number of hydrogen-bond acceptors (Lipinski definition) is 4. The van der Waals surface area contributed by atoms with Crippen molar-refractivity contribution in [2.75, 3.05) is 6.61 Å². The molecule has 2 N–H and O–H groups in total. The number of hydrazone groups is 1. The van der Waals surface area contributed by atoms with Gasteiger partial charge in [0, 0.05) is 11.1 Å². The quantitative estimate of drug-likeness (QED) is 0.385. The van der Waals surface area contributed by atoms with Gasteiger partial charge >= 0.3 is 0 Å². The molecule has 3 aromatic carbocycles. The molecule has 7 nitrogen and oxygen atoms in total. The van der Waals surface area contributed by atoms with Crippen LogP contribution in [0.5, 0.6) is 5.75 Å². The predicted octanol–water partition coefficient (Wildman–Crippen LogP) is 3.16. The van der Waals surface area contributed by atoms with Crippen LogP contribution in [-0.2, 0) is 4.79 Å². The number of carbonyl (C=O) groups excluding carboxylic acids is 1. The van der Waals surface area contributed by atoms with Gasteiger partial charge in [0.1, 0.15) is 5.75 Å². The second-order valence-electron chi connectivity index (χ2n) is 6.69. The first-order chi connectivity index (χ1) is 14.6. The lowest BCUT2D eigenvalue weighted by molar-refractivity contribution is -0.123. The lowest BCUT2D eigenvalue weighted by atomic mass is 10.1. The minimum Gasteiger partial charge on any atom is -0.483 e. The predicted molar refractivity (Wildman–Crippen MR) is 116 cm³/mol. The number of carbonyl (C=O) groups is 1. The normalized spacial score (nSPS) is 11.1. The van der Waals surface area contributed by atoms with Gasteiger partial charge in [-0.15, -0.1) is 0 Å². The lowest BCUT2D eigenvalue weighted by Crippen LogP contribution is -2.25. The molecule has 0 saturated heterocycles. The molecule has 30 heavy (non-hydrogen) atoms. The number of hydrogen-bond donors (Lipinski definition) is 2. The molecule has 1 aromatic heterocycles. The maximum atomic E-state index is 12.6. The number of nitrogens with zero attached hydrogens (tertiary/aromatic N) is 2. The van der Waals surface area contributed by atoms with Gasteiger partial charge in [0.05, 0.1) is 17.5 Å². The molecule has 0 spiro atoms. The number of ether oxygens (including phenoxy) is 1. The lowest BCUT2D eigenvalue weighted by Gasteiger charge is -2.08. The van der Waals surface area contributed by atoms with Gasteiger partial charge in [-0.2, -0.15) is 5.10 Å². The Hall–Kier alpha value is -4.13. The van der Waals surface area contributed by atoms with Crippen molar-refractivity contribution < 1.29 is 9.53 Å². The minimum atomic E-state index is -0.421. The summed E-state index contributed by atoms with van der Waals surface area (Å²) in [5.41, 5.74) is 3.89. The molecule has 150 valence electrons. The van der Waals surface area contributed by atoms with E-state index in [1.54, 1.807) is 6.92 Å². The Kier molecular flexibility index (Phi) is 5.43. The molecule has 1 amide bonds. The number of aromatic nitrogens is 2. The van der Waals surface area contributed by atoms with E-state index < -0.39 is 5.91 Å². The van der Waals surface area contributed by atoms with Gasteiger partial charge in [-0.05, 0) is 30.5 Å². The molecular formula is C23H20N4O3. The third-order valence-electron chi connectivity index (χ3n) is 4.62. The van der Waals surface area contributed by atoms with E-state index in [1.165, 1.54) is 10.9 Å². The summed E-state index contributed by atoms with van der Waals surface area (Å²) in [7, 11) is 0. The Morgan fingerprint density at radius 1 is 1.07 bits per heavy atom. The number of para-hydroxylation sites is 1. The first kappa shape index (κ1) is 19.2. The van der Waals surface area contributed by atoms with Crippen LogP contribution in [0.4, 0.5) is 0 Å². The van der Waals surface area contributed by atoms with Crippen molar-refractivity contribution in [1.29, 1.82) is 0 Å². The van der Waals surface area contributed by atoms with Gasteiger partial charge in [0.2, 0.25) is 0 Å². The minimum absolute atomic E-state index is 0.189. The average molecular weight is 400 g/mol. The van der Waals surface area contributed by atoms with Gasteiger partial charge in [-0.25, -0.2) is 10.1 Å². The molecule has 0 radical (unpaired) electrons. The third-order valence-corrected chi connectivity index (χ3v) is 4.62. The summed E-state index contributed by atoms with van der Waals surface area (Å²) in [6.45, 7) is 1.58. The second-order valence-corrected chi connectivity index (χ2v) is 6.69. The van der Waals surface area contributed by atoms with E-state index in [4.69, 9.17) is 4.74 Å². The molecule has 0 bridgehead atoms. The Morgan fingerprint density at radius 2 is 1.80 bits per heavy atom. The highest BCUT2D eigenvalue weighted by atomic mass is 16.5. The molecule has 4 rings (SSSR count). The molecule has 1 heterocycles. The zero-order valence-corrected chi connectivity index (χ0v) is 16.3. The molecule has 0 aliphatic carbocycles. The van der Waals surface area contributed by atoms with E-state index >= 15 is 0 Å². The molecule has 0 aliphatic heterocycles. The smallest absolute Gasteiger partial charge is 0.280 e. The highest BCUT2D eigenvalue weighted by molar-refractivity contribution is 5.89. The van der Waals surface area contributed by atoms with Gasteiger partial charge in [-0.3, -0.25) is 14.7 Å². The van der Waals surface area contributed by atoms with Crippen LogP contribution in [0.2, 0.25) is 0 Å². The third kappa shape index (κ3) is 4.00. The van der Waals surface area contributed by atoms with Crippen LogP contribution >= 0.6 is 0 Å². The summed E-state index contributed by atoms with van der Waals surface area (Å²) in [6, 6.07) is 22.7. The maximum Gasteiger partial charge on any atom is 0.280 e. The van der Waals surface area contributed by atoms with Gasteiger partial charge in [0.15, 0.2) is 6.61 Å². The van der Waals surface area contributed by atoms with Crippen LogP contribution in [0, 0.1) is 6.92 Å². The Bertz CT molecular complexity index is 1270. The van der Waals surface area contributed by atoms with E-state index in [2.05, 4.69) is 15.6 Å². The van der Waals surface area contributed by atoms with Crippen molar-refractivity contribution in [3.8, 4) is 11.4 Å². The van der Waals surface area contributed by atoms with Crippen LogP contribution in [0.3, 0.4) is 0 Å². The topological polar surface area (TPSA) is 88.5 Å².